The lowest BCUT2D eigenvalue weighted by atomic mass is 9.93. The molecule has 1 aliphatic carbocycles. The van der Waals surface area contributed by atoms with E-state index in [1.54, 1.807) is 48.5 Å². The van der Waals surface area contributed by atoms with E-state index in [1.165, 1.54) is 0 Å². The predicted octanol–water partition coefficient (Wildman–Crippen LogP) is 3.97. The van der Waals surface area contributed by atoms with E-state index >= 15 is 0 Å². The van der Waals surface area contributed by atoms with Crippen LogP contribution < -0.4 is 0 Å². The van der Waals surface area contributed by atoms with E-state index in [9.17, 15) is 23.1 Å². The van der Waals surface area contributed by atoms with Crippen molar-refractivity contribution in [1.29, 1.82) is 0 Å². The Morgan fingerprint density at radius 1 is 1.06 bits per heavy atom. The quantitative estimate of drug-likeness (QED) is 0.666. The molecule has 1 saturated heterocycles. The van der Waals surface area contributed by atoms with Gasteiger partial charge in [0.05, 0.1) is 11.7 Å². The number of carbonyl (C=O) groups excluding carboxylic acids is 1. The third kappa shape index (κ3) is 4.43. The highest BCUT2D eigenvalue weighted by Crippen LogP contribution is 2.47. The smallest absolute Gasteiger partial charge is 0.306 e. The highest BCUT2D eigenvalue weighted by Gasteiger charge is 2.53. The summed E-state index contributed by atoms with van der Waals surface area (Å²) in [6, 6.07) is 12.1. The van der Waals surface area contributed by atoms with Crippen LogP contribution >= 0.6 is 23.2 Å². The molecule has 164 valence electrons. The number of nitrogens with zero attached hydrogens (tertiary/aromatic N) is 1. The average molecular weight is 484 g/mol. The molecule has 1 N–H and O–H groups in total. The van der Waals surface area contributed by atoms with Gasteiger partial charge in [-0.2, -0.15) is 0 Å². The molecule has 1 saturated carbocycles. The summed E-state index contributed by atoms with van der Waals surface area (Å²) >= 11 is 12.2. The highest BCUT2D eigenvalue weighted by molar-refractivity contribution is 7.90. The zero-order valence-corrected chi connectivity index (χ0v) is 18.5. The summed E-state index contributed by atoms with van der Waals surface area (Å²) < 4.78 is 33.4. The van der Waals surface area contributed by atoms with E-state index in [0.717, 1.165) is 4.31 Å². The van der Waals surface area contributed by atoms with Crippen LogP contribution in [0.2, 0.25) is 10.0 Å². The second-order valence-corrected chi connectivity index (χ2v) is 10.5. The molecule has 2 aromatic carbocycles. The summed E-state index contributed by atoms with van der Waals surface area (Å²) in [6.45, 7) is 0. The van der Waals surface area contributed by atoms with Crippen LogP contribution in [0.15, 0.2) is 48.5 Å². The summed E-state index contributed by atoms with van der Waals surface area (Å²) in [4.78, 5) is 24.6. The molecule has 4 rings (SSSR count). The normalized spacial score (nSPS) is 24.3. The molecule has 2 aliphatic rings. The largest absolute Gasteiger partial charge is 0.481 e. The van der Waals surface area contributed by atoms with Crippen LogP contribution in [0, 0.1) is 0 Å². The number of carbonyl (C=O) groups is 2. The van der Waals surface area contributed by atoms with E-state index in [1.807, 2.05) is 0 Å². The first-order chi connectivity index (χ1) is 14.7. The van der Waals surface area contributed by atoms with Gasteiger partial charge >= 0.3 is 5.97 Å². The Hall–Kier alpha value is -2.13. The van der Waals surface area contributed by atoms with Crippen LogP contribution in [0.5, 0.6) is 0 Å². The van der Waals surface area contributed by atoms with E-state index in [4.69, 9.17) is 27.9 Å². The fourth-order valence-electron chi connectivity index (χ4n) is 3.73. The highest BCUT2D eigenvalue weighted by atomic mass is 35.5. The number of aliphatic carboxylic acids is 1. The summed E-state index contributed by atoms with van der Waals surface area (Å²) in [5, 5.41) is 9.45. The Balaban J connectivity index is 1.89. The number of sulfonamides is 1. The molecule has 0 radical (unpaired) electrons. The summed E-state index contributed by atoms with van der Waals surface area (Å²) in [5.74, 6) is -2.15. The fourth-order valence-corrected chi connectivity index (χ4v) is 6.03. The van der Waals surface area contributed by atoms with E-state index in [0.29, 0.717) is 34.0 Å². The third-order valence-electron chi connectivity index (χ3n) is 5.31. The van der Waals surface area contributed by atoms with Crippen LogP contribution in [0.1, 0.15) is 42.5 Å². The lowest BCUT2D eigenvalue weighted by molar-refractivity contribution is -0.169. The first-order valence-corrected chi connectivity index (χ1v) is 11.9. The van der Waals surface area contributed by atoms with E-state index < -0.39 is 51.8 Å². The van der Waals surface area contributed by atoms with Gasteiger partial charge in [0.25, 0.3) is 5.91 Å². The maximum Gasteiger partial charge on any atom is 0.306 e. The first kappa shape index (κ1) is 22.1. The van der Waals surface area contributed by atoms with Crippen molar-refractivity contribution < 1.29 is 27.9 Å². The van der Waals surface area contributed by atoms with Gasteiger partial charge in [-0.25, -0.2) is 12.7 Å². The van der Waals surface area contributed by atoms with Crippen LogP contribution in [0.4, 0.5) is 0 Å². The third-order valence-corrected chi connectivity index (χ3v) is 8.07. The van der Waals surface area contributed by atoms with Crippen molar-refractivity contribution >= 4 is 45.1 Å². The van der Waals surface area contributed by atoms with Crippen LogP contribution in [0.3, 0.4) is 0 Å². The Bertz CT molecular complexity index is 1120. The number of halogens is 2. The number of benzene rings is 2. The molecule has 2 fully saturated rings. The molecule has 1 aliphatic heterocycles. The molecule has 3 atom stereocenters. The molecule has 2 aromatic rings. The monoisotopic (exact) mass is 483 g/mol. The second-order valence-electron chi connectivity index (χ2n) is 7.57. The molecule has 0 bridgehead atoms. The van der Waals surface area contributed by atoms with Crippen LogP contribution in [0.25, 0.3) is 0 Å². The van der Waals surface area contributed by atoms with Gasteiger partial charge in [-0.3, -0.25) is 9.59 Å². The zero-order valence-electron chi connectivity index (χ0n) is 16.1. The molecule has 0 unspecified atom stereocenters. The van der Waals surface area contributed by atoms with E-state index in [2.05, 4.69) is 0 Å². The Kier molecular flexibility index (Phi) is 6.00. The van der Waals surface area contributed by atoms with Gasteiger partial charge in [-0.1, -0.05) is 47.5 Å². The standard InChI is InChI=1S/C21H19Cl2NO6S/c22-14-6-4-12(5-7-14)19-20(13-2-1-3-15(23)10-13)30-17(11-18(25)26)21(27)24(19)31(28,29)16-8-9-16/h1-7,10,16-17,19-20H,8-9,11H2,(H,25,26)/t17-,19+,20-/m0/s1. The average Bonchev–Trinajstić information content (AvgIpc) is 3.55. The molecule has 31 heavy (non-hydrogen) atoms. The van der Waals surface area contributed by atoms with Gasteiger partial charge in [-0.15, -0.1) is 0 Å². The zero-order chi connectivity index (χ0) is 22.3. The SMILES string of the molecule is O=C(O)C[C@@H]1O[C@@H](c2cccc(Cl)c2)[C@@H](c2ccc(Cl)cc2)N(S(=O)(=O)C2CC2)C1=O. The minimum Gasteiger partial charge on any atom is -0.481 e. The van der Waals surface area contributed by atoms with Crippen molar-refractivity contribution in [3.8, 4) is 0 Å². The number of morpholine rings is 1. The van der Waals surface area contributed by atoms with Gasteiger partial charge in [0.1, 0.15) is 18.2 Å². The topological polar surface area (TPSA) is 101 Å². The molecule has 1 heterocycles. The van der Waals surface area contributed by atoms with Gasteiger partial charge in [-0.05, 0) is 48.2 Å². The number of ether oxygens (including phenoxy) is 1. The Labute approximate surface area is 189 Å². The number of carboxylic acid groups (broad SMARTS) is 1. The molecule has 10 heteroatoms. The minimum atomic E-state index is -4.02. The van der Waals surface area contributed by atoms with Crippen molar-refractivity contribution in [2.75, 3.05) is 0 Å². The Morgan fingerprint density at radius 3 is 2.32 bits per heavy atom. The van der Waals surface area contributed by atoms with Crippen LogP contribution in [-0.4, -0.2) is 41.1 Å². The lowest BCUT2D eigenvalue weighted by Gasteiger charge is -2.43. The number of hydrogen-bond acceptors (Lipinski definition) is 5. The molecular weight excluding hydrogens is 465 g/mol. The maximum absolute atomic E-state index is 13.3. The number of carboxylic acids is 1. The summed E-state index contributed by atoms with van der Waals surface area (Å²) in [7, 11) is -4.02. The van der Waals surface area contributed by atoms with Crippen molar-refractivity contribution in [3.05, 3.63) is 69.7 Å². The van der Waals surface area contributed by atoms with Gasteiger partial charge in [0.15, 0.2) is 0 Å². The van der Waals surface area contributed by atoms with Crippen molar-refractivity contribution in [2.24, 2.45) is 0 Å². The summed E-state index contributed by atoms with van der Waals surface area (Å²) in [6.07, 6.45) is -2.15. The number of amides is 1. The van der Waals surface area contributed by atoms with Gasteiger partial charge in [0.2, 0.25) is 10.0 Å². The molecule has 7 nitrogen and oxygen atoms in total. The molecule has 0 aromatic heterocycles. The van der Waals surface area contributed by atoms with Crippen LogP contribution in [-0.2, 0) is 24.3 Å². The Morgan fingerprint density at radius 2 is 1.74 bits per heavy atom. The minimum absolute atomic E-state index is 0.402. The van der Waals surface area contributed by atoms with Gasteiger partial charge in [0, 0.05) is 10.0 Å². The lowest BCUT2D eigenvalue weighted by Crippen LogP contribution is -2.54. The molecular formula is C21H19Cl2NO6S. The van der Waals surface area contributed by atoms with Crippen molar-refractivity contribution in [1.82, 2.24) is 4.31 Å². The second kappa shape index (κ2) is 8.43. The number of hydrogen-bond donors (Lipinski definition) is 1. The first-order valence-electron chi connectivity index (χ1n) is 9.64. The van der Waals surface area contributed by atoms with E-state index in [-0.39, 0.29) is 0 Å². The summed E-state index contributed by atoms with van der Waals surface area (Å²) in [5.41, 5.74) is 1.03. The maximum atomic E-state index is 13.3. The number of rotatable bonds is 6. The molecule has 1 amide bonds. The predicted molar refractivity (Wildman–Crippen MR) is 114 cm³/mol. The fraction of sp³-hybridized carbons (Fsp3) is 0.333. The van der Waals surface area contributed by atoms with Crippen molar-refractivity contribution in [3.63, 3.8) is 0 Å². The van der Waals surface area contributed by atoms with Gasteiger partial charge < -0.3 is 9.84 Å². The molecule has 0 spiro atoms. The van der Waals surface area contributed by atoms with Crippen molar-refractivity contribution in [2.45, 2.75) is 42.8 Å².